The van der Waals surface area contributed by atoms with E-state index in [1.807, 2.05) is 36.4 Å². The smallest absolute Gasteiger partial charge is 0.193 e. The molecule has 1 aliphatic heterocycles. The average molecular weight is 1050 g/mol. The highest BCUT2D eigenvalue weighted by Crippen LogP contribution is 2.51. The van der Waals surface area contributed by atoms with Gasteiger partial charge in [-0.15, -0.1) is 0 Å². The summed E-state index contributed by atoms with van der Waals surface area (Å²) in [6.07, 6.45) is 4.16. The second-order valence-corrected chi connectivity index (χ2v) is 21.8. The van der Waals surface area contributed by atoms with Gasteiger partial charge in [-0.1, -0.05) is 123 Å². The van der Waals surface area contributed by atoms with Gasteiger partial charge in [-0.05, 0) is 217 Å². The molecule has 396 valence electrons. The number of hydrogen-bond acceptors (Lipinski definition) is 5. The van der Waals surface area contributed by atoms with E-state index in [2.05, 4.69) is 226 Å². The van der Waals surface area contributed by atoms with E-state index in [1.165, 1.54) is 27.8 Å². The van der Waals surface area contributed by atoms with Gasteiger partial charge in [0.15, 0.2) is 5.78 Å². The minimum atomic E-state index is -0.149. The molecular formula is C74H66N2O4. The van der Waals surface area contributed by atoms with E-state index < -0.39 is 0 Å². The lowest BCUT2D eigenvalue weighted by atomic mass is 9.73. The van der Waals surface area contributed by atoms with E-state index in [0.29, 0.717) is 24.3 Å². The molecule has 0 saturated carbocycles. The van der Waals surface area contributed by atoms with Gasteiger partial charge in [-0.25, -0.2) is 0 Å². The fourth-order valence-electron chi connectivity index (χ4n) is 12.0. The second kappa shape index (κ2) is 22.0. The van der Waals surface area contributed by atoms with Crippen LogP contribution >= 0.6 is 0 Å². The minimum Gasteiger partial charge on any atom is -0.497 e. The van der Waals surface area contributed by atoms with Crippen molar-refractivity contribution in [2.45, 2.75) is 65.7 Å². The Labute approximate surface area is 470 Å². The minimum absolute atomic E-state index is 0.0220. The number of unbranched alkanes of at least 4 members (excludes halogenated alkanes) is 3. The van der Waals surface area contributed by atoms with Crippen molar-refractivity contribution in [3.8, 4) is 56.3 Å². The molecular weight excluding hydrogens is 981 g/mol. The number of rotatable bonds is 17. The predicted octanol–water partition coefficient (Wildman–Crippen LogP) is 19.1. The molecule has 1 aliphatic rings. The first-order valence-corrected chi connectivity index (χ1v) is 28.0. The number of aromatic nitrogens is 1. The van der Waals surface area contributed by atoms with Gasteiger partial charge in [0.25, 0.3) is 0 Å². The molecule has 6 nitrogen and oxygen atoms in total. The Morgan fingerprint density at radius 2 is 0.863 bits per heavy atom. The van der Waals surface area contributed by atoms with Crippen molar-refractivity contribution >= 4 is 44.7 Å². The molecule has 0 fully saturated rings. The number of ether oxygens (including phenoxy) is 3. The molecule has 0 aliphatic carbocycles. The van der Waals surface area contributed by atoms with Crippen molar-refractivity contribution in [3.05, 3.63) is 257 Å². The summed E-state index contributed by atoms with van der Waals surface area (Å²) in [5.74, 6) is 2.62. The summed E-state index contributed by atoms with van der Waals surface area (Å²) in [6.45, 7) is 12.4. The van der Waals surface area contributed by atoms with Crippen molar-refractivity contribution in [1.82, 2.24) is 4.57 Å². The fraction of sp³-hybridized carbons (Fsp3) is 0.176. The first kappa shape index (κ1) is 51.6. The molecule has 1 aromatic heterocycles. The molecule has 0 amide bonds. The van der Waals surface area contributed by atoms with Crippen LogP contribution < -0.4 is 19.1 Å². The Balaban J connectivity index is 0.768. The summed E-state index contributed by atoms with van der Waals surface area (Å²) in [5, 5.41) is 2.31. The Kier molecular flexibility index (Phi) is 14.2. The van der Waals surface area contributed by atoms with Crippen molar-refractivity contribution in [3.63, 3.8) is 0 Å². The lowest BCUT2D eigenvalue weighted by Gasteiger charge is -2.42. The lowest BCUT2D eigenvalue weighted by molar-refractivity contribution is 0.103. The van der Waals surface area contributed by atoms with Gasteiger partial charge >= 0.3 is 0 Å². The highest BCUT2D eigenvalue weighted by molar-refractivity contribution is 6.12. The number of nitrogens with zero attached hydrogens (tertiary/aromatic N) is 2. The number of fused-ring (bicyclic) bond motifs is 5. The van der Waals surface area contributed by atoms with E-state index in [4.69, 9.17) is 14.2 Å². The zero-order chi connectivity index (χ0) is 54.9. The standard InChI is InChI=1S/C74H66N2O4/c1-49-44-59(78-6)34-39-63(49)55-28-37-65-66-38-29-56(64-41-36-61(46-51(64)3)80-43-17-8-7-16-42-79-60-35-40-62(50(2)45-60)52-18-10-9-11-19-52)48-72(66)76(71(65)47-55)58-32-26-54(27-33-58)73(77)53-24-30-57(31-25-53)75-69-22-14-12-20-67(69)74(4,5)68-21-13-15-23-70(68)75/h9-15,18-41,44-48H,7-8,16-17,42-43H2,1-6H3. The zero-order valence-corrected chi connectivity index (χ0v) is 46.6. The van der Waals surface area contributed by atoms with E-state index in [9.17, 15) is 4.79 Å². The number of aryl methyl sites for hydroxylation is 3. The number of methoxy groups -OCH3 is 1. The molecule has 0 atom stereocenters. The molecule has 0 saturated heterocycles. The number of carbonyl (C=O) groups is 1. The molecule has 11 aromatic rings. The van der Waals surface area contributed by atoms with Crippen LogP contribution in [0.25, 0.3) is 60.9 Å². The molecule has 2 heterocycles. The van der Waals surface area contributed by atoms with E-state index in [1.54, 1.807) is 7.11 Å². The van der Waals surface area contributed by atoms with Gasteiger partial charge in [0.05, 0.1) is 42.7 Å². The summed E-state index contributed by atoms with van der Waals surface area (Å²) < 4.78 is 20.4. The largest absolute Gasteiger partial charge is 0.497 e. The quantitative estimate of drug-likeness (QED) is 0.0672. The summed E-state index contributed by atoms with van der Waals surface area (Å²) in [5.41, 5.74) is 20.6. The maximum atomic E-state index is 14.3. The van der Waals surface area contributed by atoms with Crippen LogP contribution in [-0.2, 0) is 5.41 Å². The molecule has 80 heavy (non-hydrogen) atoms. The molecule has 0 bridgehead atoms. The summed E-state index contributed by atoms with van der Waals surface area (Å²) in [7, 11) is 1.70. The molecule has 0 radical (unpaired) electrons. The van der Waals surface area contributed by atoms with Gasteiger partial charge < -0.3 is 23.7 Å². The third-order valence-electron chi connectivity index (χ3n) is 16.3. The maximum absolute atomic E-state index is 14.3. The van der Waals surface area contributed by atoms with Gasteiger partial charge in [-0.3, -0.25) is 4.79 Å². The third kappa shape index (κ3) is 9.92. The van der Waals surface area contributed by atoms with Crippen LogP contribution in [-0.4, -0.2) is 30.7 Å². The van der Waals surface area contributed by atoms with Gasteiger partial charge in [0.2, 0.25) is 0 Å². The Bertz CT molecular complexity index is 4030. The average Bonchev–Trinajstić information content (AvgIpc) is 3.91. The summed E-state index contributed by atoms with van der Waals surface area (Å²) in [4.78, 5) is 16.7. The number of benzene rings is 10. The first-order valence-electron chi connectivity index (χ1n) is 28.0. The van der Waals surface area contributed by atoms with Crippen molar-refractivity contribution in [1.29, 1.82) is 0 Å². The first-order chi connectivity index (χ1) is 39.0. The second-order valence-electron chi connectivity index (χ2n) is 21.8. The predicted molar refractivity (Wildman–Crippen MR) is 330 cm³/mol. The summed E-state index contributed by atoms with van der Waals surface area (Å²) >= 11 is 0. The summed E-state index contributed by atoms with van der Waals surface area (Å²) in [6, 6.07) is 76.6. The zero-order valence-electron chi connectivity index (χ0n) is 46.6. The molecule has 10 aromatic carbocycles. The molecule has 12 rings (SSSR count). The van der Waals surface area contributed by atoms with Crippen LogP contribution in [0.15, 0.2) is 218 Å². The number of anilines is 3. The van der Waals surface area contributed by atoms with Crippen molar-refractivity contribution < 1.29 is 19.0 Å². The molecule has 6 heteroatoms. The number of ketones is 1. The monoisotopic (exact) mass is 1050 g/mol. The van der Waals surface area contributed by atoms with Crippen LogP contribution in [0.1, 0.15) is 83.3 Å². The highest BCUT2D eigenvalue weighted by atomic mass is 16.5. The third-order valence-corrected chi connectivity index (χ3v) is 16.3. The fourth-order valence-corrected chi connectivity index (χ4v) is 12.0. The van der Waals surface area contributed by atoms with E-state index >= 15 is 0 Å². The van der Waals surface area contributed by atoms with Crippen molar-refractivity contribution in [2.24, 2.45) is 0 Å². The lowest BCUT2D eigenvalue weighted by Crippen LogP contribution is -2.30. The Morgan fingerprint density at radius 3 is 1.35 bits per heavy atom. The molecule has 0 N–H and O–H groups in total. The Hall–Kier alpha value is -9.13. The number of para-hydroxylation sites is 2. The number of hydrogen-bond donors (Lipinski definition) is 0. The van der Waals surface area contributed by atoms with E-state index in [0.717, 1.165) is 121 Å². The van der Waals surface area contributed by atoms with Crippen LogP contribution in [0.4, 0.5) is 17.1 Å². The van der Waals surface area contributed by atoms with Gasteiger partial charge in [0.1, 0.15) is 17.2 Å². The molecule has 0 unspecified atom stereocenters. The topological polar surface area (TPSA) is 52.9 Å². The van der Waals surface area contributed by atoms with E-state index in [-0.39, 0.29) is 11.2 Å². The van der Waals surface area contributed by atoms with Crippen LogP contribution in [0, 0.1) is 20.8 Å². The van der Waals surface area contributed by atoms with Crippen LogP contribution in [0.5, 0.6) is 17.2 Å². The molecule has 0 spiro atoms. The normalized spacial score (nSPS) is 12.6. The van der Waals surface area contributed by atoms with Crippen LogP contribution in [0.2, 0.25) is 0 Å². The SMILES string of the molecule is COc1ccc(-c2ccc3c4ccc(-c5ccc(OCCCCCCOc6ccc(-c7ccccc7)c(C)c6)cc5C)cc4n(-c4ccc(C(=O)c5ccc(N6c7ccccc7C(C)(C)c7ccccc76)cc5)cc4)c3c2)c(C)c1. The Morgan fingerprint density at radius 1 is 0.425 bits per heavy atom. The number of carbonyl (C=O) groups excluding carboxylic acids is 1. The highest BCUT2D eigenvalue weighted by Gasteiger charge is 2.36. The van der Waals surface area contributed by atoms with Crippen LogP contribution in [0.3, 0.4) is 0 Å². The van der Waals surface area contributed by atoms with Crippen molar-refractivity contribution in [2.75, 3.05) is 25.2 Å². The maximum Gasteiger partial charge on any atom is 0.193 e. The van der Waals surface area contributed by atoms with Gasteiger partial charge in [-0.2, -0.15) is 0 Å². The van der Waals surface area contributed by atoms with Gasteiger partial charge in [0, 0.05) is 38.7 Å².